The summed E-state index contributed by atoms with van der Waals surface area (Å²) in [6.07, 6.45) is -3.05. The fraction of sp³-hybridized carbons (Fsp3) is 0.406. The number of rotatable bonds is 12. The molecule has 39 heavy (non-hydrogen) atoms. The molecular weight excluding hydrogens is 506 g/mol. The molecule has 0 aliphatic carbocycles. The molecule has 0 aromatic heterocycles. The molecule has 0 spiro atoms. The minimum absolute atomic E-state index is 0.144. The Labute approximate surface area is 228 Å². The van der Waals surface area contributed by atoms with Crippen molar-refractivity contribution < 1.29 is 27.5 Å². The zero-order valence-electron chi connectivity index (χ0n) is 22.9. The van der Waals surface area contributed by atoms with Crippen LogP contribution in [0.5, 0.6) is 0 Å². The largest absolute Gasteiger partial charge is 0.481 e. The number of aliphatic carboxylic acids is 1. The predicted molar refractivity (Wildman–Crippen MR) is 147 cm³/mol. The summed E-state index contributed by atoms with van der Waals surface area (Å²) in [5, 5.41) is 10.0. The molecule has 3 rings (SSSR count). The van der Waals surface area contributed by atoms with Crippen LogP contribution in [0.15, 0.2) is 66.7 Å². The molecule has 0 saturated carbocycles. The van der Waals surface area contributed by atoms with Crippen molar-refractivity contribution in [2.24, 2.45) is 11.8 Å². The van der Waals surface area contributed by atoms with Crippen LogP contribution in [0.3, 0.4) is 0 Å². The van der Waals surface area contributed by atoms with Gasteiger partial charge in [-0.2, -0.15) is 13.2 Å². The smallest absolute Gasteiger partial charge is 0.416 e. The molecule has 0 radical (unpaired) electrons. The summed E-state index contributed by atoms with van der Waals surface area (Å²) >= 11 is 0. The number of alkyl halides is 3. The summed E-state index contributed by atoms with van der Waals surface area (Å²) in [4.78, 5) is 14.5. The van der Waals surface area contributed by atoms with Gasteiger partial charge in [0.2, 0.25) is 0 Å². The van der Waals surface area contributed by atoms with Crippen LogP contribution in [0.2, 0.25) is 0 Å². The predicted octanol–water partition coefficient (Wildman–Crippen LogP) is 8.77. The molecule has 1 N–H and O–H groups in total. The van der Waals surface area contributed by atoms with Gasteiger partial charge >= 0.3 is 12.1 Å². The van der Waals surface area contributed by atoms with Crippen LogP contribution in [0.4, 0.5) is 17.6 Å². The molecule has 7 heteroatoms. The normalized spacial score (nSPS) is 12.9. The van der Waals surface area contributed by atoms with Gasteiger partial charge in [0.1, 0.15) is 5.82 Å². The molecule has 0 heterocycles. The van der Waals surface area contributed by atoms with E-state index in [0.717, 1.165) is 36.2 Å². The number of carbonyl (C=O) groups is 1. The molecule has 1 unspecified atom stereocenters. The van der Waals surface area contributed by atoms with Gasteiger partial charge in [-0.25, -0.2) is 4.39 Å². The Hall–Kier alpha value is -3.19. The van der Waals surface area contributed by atoms with Crippen LogP contribution in [0.25, 0.3) is 11.1 Å². The van der Waals surface area contributed by atoms with E-state index in [4.69, 9.17) is 0 Å². The second-order valence-electron chi connectivity index (χ2n) is 11.1. The van der Waals surface area contributed by atoms with E-state index in [1.165, 1.54) is 24.3 Å². The average Bonchev–Trinajstić information content (AvgIpc) is 2.86. The van der Waals surface area contributed by atoms with Gasteiger partial charge in [-0.15, -0.1) is 0 Å². The average molecular weight is 544 g/mol. The molecule has 3 aromatic rings. The van der Waals surface area contributed by atoms with Crippen molar-refractivity contribution in [3.63, 3.8) is 0 Å². The number of hydrogen-bond donors (Lipinski definition) is 1. The topological polar surface area (TPSA) is 40.5 Å². The fourth-order valence-corrected chi connectivity index (χ4v) is 4.64. The van der Waals surface area contributed by atoms with E-state index in [1.807, 2.05) is 26.0 Å². The Bertz CT molecular complexity index is 1220. The third-order valence-electron chi connectivity index (χ3n) is 6.72. The first kappa shape index (κ1) is 30.4. The minimum Gasteiger partial charge on any atom is -0.481 e. The highest BCUT2D eigenvalue weighted by atomic mass is 19.4. The van der Waals surface area contributed by atoms with Crippen LogP contribution in [0, 0.1) is 17.7 Å². The van der Waals surface area contributed by atoms with Crippen molar-refractivity contribution in [1.82, 2.24) is 4.90 Å². The van der Waals surface area contributed by atoms with Crippen molar-refractivity contribution in [2.45, 2.75) is 65.7 Å². The first-order chi connectivity index (χ1) is 18.3. The van der Waals surface area contributed by atoms with Gasteiger partial charge in [-0.1, -0.05) is 64.1 Å². The Morgan fingerprint density at radius 2 is 1.44 bits per heavy atom. The lowest BCUT2D eigenvalue weighted by atomic mass is 9.87. The molecule has 3 nitrogen and oxygen atoms in total. The molecule has 0 aliphatic rings. The lowest BCUT2D eigenvalue weighted by Crippen LogP contribution is -2.25. The molecule has 0 aliphatic heterocycles. The lowest BCUT2D eigenvalue weighted by molar-refractivity contribution is -0.139. The number of carboxylic acids is 1. The van der Waals surface area contributed by atoms with E-state index in [-0.39, 0.29) is 11.7 Å². The van der Waals surface area contributed by atoms with Crippen molar-refractivity contribution in [2.75, 3.05) is 6.54 Å². The highest BCUT2D eigenvalue weighted by Crippen LogP contribution is 2.34. The van der Waals surface area contributed by atoms with Crippen LogP contribution >= 0.6 is 0 Å². The van der Waals surface area contributed by atoms with E-state index in [9.17, 15) is 27.5 Å². The monoisotopic (exact) mass is 543 g/mol. The molecule has 1 atom stereocenters. The van der Waals surface area contributed by atoms with Gasteiger partial charge in [0.25, 0.3) is 0 Å². The Morgan fingerprint density at radius 1 is 0.821 bits per heavy atom. The van der Waals surface area contributed by atoms with Crippen molar-refractivity contribution in [1.29, 1.82) is 0 Å². The lowest BCUT2D eigenvalue weighted by Gasteiger charge is -2.25. The van der Waals surface area contributed by atoms with Crippen molar-refractivity contribution >= 4 is 5.97 Å². The fourth-order valence-electron chi connectivity index (χ4n) is 4.64. The van der Waals surface area contributed by atoms with E-state index < -0.39 is 23.6 Å². The maximum Gasteiger partial charge on any atom is 0.416 e. The molecule has 0 amide bonds. The van der Waals surface area contributed by atoms with Gasteiger partial charge in [0, 0.05) is 13.1 Å². The Morgan fingerprint density at radius 3 is 1.97 bits per heavy atom. The summed E-state index contributed by atoms with van der Waals surface area (Å²) in [5.41, 5.74) is 3.01. The number of hydrogen-bond acceptors (Lipinski definition) is 2. The molecular formula is C32H37F4NO2. The summed E-state index contributed by atoms with van der Waals surface area (Å²) < 4.78 is 52.9. The van der Waals surface area contributed by atoms with Gasteiger partial charge in [-0.05, 0) is 89.4 Å². The molecule has 210 valence electrons. The summed E-state index contributed by atoms with van der Waals surface area (Å²) in [6.45, 7) is 10.1. The van der Waals surface area contributed by atoms with Gasteiger partial charge in [-0.3, -0.25) is 9.69 Å². The molecule has 0 fully saturated rings. The first-order valence-electron chi connectivity index (χ1n) is 13.3. The third kappa shape index (κ3) is 9.20. The number of carboxylic acid groups (broad SMARTS) is 1. The highest BCUT2D eigenvalue weighted by molar-refractivity contribution is 5.77. The van der Waals surface area contributed by atoms with Gasteiger partial charge < -0.3 is 5.11 Å². The third-order valence-corrected chi connectivity index (χ3v) is 6.72. The SMILES string of the molecule is CC(C)CCN(Cc1ccc(F)cc1)Cc1cc(-c2ccc(C(F)(F)F)cc2)cc(C(CC(C)C)C(=O)O)c1. The van der Waals surface area contributed by atoms with Crippen LogP contribution in [0.1, 0.15) is 68.7 Å². The zero-order valence-corrected chi connectivity index (χ0v) is 22.9. The standard InChI is InChI=1S/C32H37F4NO2/c1-21(2)13-14-37(19-23-5-11-29(33)12-6-23)20-24-16-26(25-7-9-28(10-8-25)32(34,35)36)18-27(17-24)30(31(38)39)15-22(3)4/h5-12,16-18,21-22,30H,13-15,19-20H2,1-4H3,(H,38,39). The van der Waals surface area contributed by atoms with E-state index in [0.29, 0.717) is 42.1 Å². The maximum absolute atomic E-state index is 13.5. The van der Waals surface area contributed by atoms with Crippen LogP contribution in [-0.4, -0.2) is 22.5 Å². The first-order valence-corrected chi connectivity index (χ1v) is 13.3. The highest BCUT2D eigenvalue weighted by Gasteiger charge is 2.30. The van der Waals surface area contributed by atoms with Gasteiger partial charge in [0.15, 0.2) is 0 Å². The van der Waals surface area contributed by atoms with E-state index in [2.05, 4.69) is 18.7 Å². The Kier molecular flexibility index (Phi) is 10.3. The molecule has 0 saturated heterocycles. The van der Waals surface area contributed by atoms with Crippen molar-refractivity contribution in [3.05, 3.63) is 94.8 Å². The van der Waals surface area contributed by atoms with Crippen LogP contribution < -0.4 is 0 Å². The summed E-state index contributed by atoms with van der Waals surface area (Å²) in [7, 11) is 0. The number of benzene rings is 3. The quantitative estimate of drug-likeness (QED) is 0.232. The zero-order chi connectivity index (χ0) is 28.7. The van der Waals surface area contributed by atoms with Gasteiger partial charge in [0.05, 0.1) is 11.5 Å². The second kappa shape index (κ2) is 13.2. The second-order valence-corrected chi connectivity index (χ2v) is 11.1. The summed E-state index contributed by atoms with van der Waals surface area (Å²) in [6, 6.07) is 16.9. The summed E-state index contributed by atoms with van der Waals surface area (Å²) in [5.74, 6) is -1.35. The number of nitrogens with zero attached hydrogens (tertiary/aromatic N) is 1. The maximum atomic E-state index is 13.5. The molecule has 3 aromatic carbocycles. The van der Waals surface area contributed by atoms with Crippen LogP contribution in [-0.2, 0) is 24.1 Å². The number of halogens is 4. The van der Waals surface area contributed by atoms with Crippen molar-refractivity contribution in [3.8, 4) is 11.1 Å². The minimum atomic E-state index is -4.44. The van der Waals surface area contributed by atoms with E-state index in [1.54, 1.807) is 18.2 Å². The molecule has 0 bridgehead atoms. The Balaban J connectivity index is 2.03. The van der Waals surface area contributed by atoms with E-state index >= 15 is 0 Å².